The summed E-state index contributed by atoms with van der Waals surface area (Å²) in [4.78, 5) is 22.2. The third kappa shape index (κ3) is 5.51. The van der Waals surface area contributed by atoms with Gasteiger partial charge in [0.2, 0.25) is 0 Å². The van der Waals surface area contributed by atoms with Gasteiger partial charge in [0.15, 0.2) is 0 Å². The second-order valence-electron chi connectivity index (χ2n) is 13.4. The topological polar surface area (TPSA) is 84.4 Å². The lowest BCUT2D eigenvalue weighted by Gasteiger charge is -2.33. The van der Waals surface area contributed by atoms with Crippen LogP contribution in [0.5, 0.6) is 5.75 Å². The number of aliphatic carboxylic acids is 1. The molecular formula is C37H45N3O5. The molecule has 0 bridgehead atoms. The van der Waals surface area contributed by atoms with E-state index in [9.17, 15) is 9.90 Å². The SMILES string of the molecule is COC[C@H]1N(c2cccc(-c3cccc(C)c3OCc3ccc4c(c3C)CCN(C3CCOCC3)CC4)n2)CC2C[C@@]21C(=O)O. The first-order valence-corrected chi connectivity index (χ1v) is 16.5. The van der Waals surface area contributed by atoms with Gasteiger partial charge in [0, 0.05) is 51.6 Å². The molecule has 2 aromatic carbocycles. The van der Waals surface area contributed by atoms with Gasteiger partial charge in [-0.25, -0.2) is 4.98 Å². The molecule has 1 N–H and O–H groups in total. The number of carboxylic acid groups (broad SMARTS) is 1. The minimum absolute atomic E-state index is 0.132. The molecule has 238 valence electrons. The zero-order chi connectivity index (χ0) is 31.1. The Balaban J connectivity index is 1.10. The number of carbonyl (C=O) groups is 1. The van der Waals surface area contributed by atoms with E-state index >= 15 is 0 Å². The lowest BCUT2D eigenvalue weighted by atomic mass is 9.94. The Morgan fingerprint density at radius 2 is 1.87 bits per heavy atom. The van der Waals surface area contributed by atoms with Crippen molar-refractivity contribution in [1.82, 2.24) is 9.88 Å². The van der Waals surface area contributed by atoms with E-state index in [1.165, 1.54) is 22.3 Å². The summed E-state index contributed by atoms with van der Waals surface area (Å²) in [5, 5.41) is 10.1. The summed E-state index contributed by atoms with van der Waals surface area (Å²) in [5.74, 6) is 1.02. The highest BCUT2D eigenvalue weighted by atomic mass is 16.5. The van der Waals surface area contributed by atoms with Crippen LogP contribution in [0.1, 0.15) is 47.1 Å². The Hall–Kier alpha value is -3.46. The maximum absolute atomic E-state index is 12.3. The minimum Gasteiger partial charge on any atom is -0.488 e. The lowest BCUT2D eigenvalue weighted by Crippen LogP contribution is -2.43. The second kappa shape index (κ2) is 12.4. The highest BCUT2D eigenvalue weighted by molar-refractivity contribution is 5.82. The fraction of sp³-hybridized carbons (Fsp3) is 0.514. The molecule has 4 heterocycles. The molecule has 0 spiro atoms. The van der Waals surface area contributed by atoms with Crippen molar-refractivity contribution in [2.45, 2.75) is 64.6 Å². The van der Waals surface area contributed by atoms with Crippen molar-refractivity contribution in [2.24, 2.45) is 11.3 Å². The number of benzene rings is 2. The Bertz CT molecular complexity index is 1570. The number of para-hydroxylation sites is 1. The summed E-state index contributed by atoms with van der Waals surface area (Å²) in [6.45, 7) is 9.85. The first kappa shape index (κ1) is 30.2. The molecular weight excluding hydrogens is 566 g/mol. The number of hydrogen-bond acceptors (Lipinski definition) is 7. The molecule has 1 aliphatic carbocycles. The molecule has 0 radical (unpaired) electrons. The van der Waals surface area contributed by atoms with Gasteiger partial charge in [0.1, 0.15) is 18.2 Å². The van der Waals surface area contributed by atoms with Crippen LogP contribution in [0.25, 0.3) is 11.3 Å². The molecule has 0 amide bonds. The monoisotopic (exact) mass is 611 g/mol. The van der Waals surface area contributed by atoms with Gasteiger partial charge >= 0.3 is 5.97 Å². The quantitative estimate of drug-likeness (QED) is 0.342. The summed E-state index contributed by atoms with van der Waals surface area (Å²) in [6, 6.07) is 17.2. The van der Waals surface area contributed by atoms with Gasteiger partial charge in [-0.15, -0.1) is 0 Å². The largest absolute Gasteiger partial charge is 0.488 e. The molecule has 4 aliphatic rings. The van der Waals surface area contributed by atoms with Crippen LogP contribution < -0.4 is 9.64 Å². The summed E-state index contributed by atoms with van der Waals surface area (Å²) in [6.07, 6.45) is 5.15. The third-order valence-electron chi connectivity index (χ3n) is 11.0. The predicted molar refractivity (Wildman–Crippen MR) is 174 cm³/mol. The van der Waals surface area contributed by atoms with E-state index in [4.69, 9.17) is 19.2 Å². The first-order valence-electron chi connectivity index (χ1n) is 16.5. The molecule has 1 aromatic heterocycles. The number of hydrogen-bond donors (Lipinski definition) is 1. The minimum atomic E-state index is -0.736. The van der Waals surface area contributed by atoms with Crippen molar-refractivity contribution in [3.63, 3.8) is 0 Å². The molecule has 2 saturated heterocycles. The van der Waals surface area contributed by atoms with Crippen molar-refractivity contribution in [1.29, 1.82) is 0 Å². The Labute approximate surface area is 266 Å². The van der Waals surface area contributed by atoms with E-state index in [2.05, 4.69) is 47.9 Å². The number of methoxy groups -OCH3 is 1. The van der Waals surface area contributed by atoms with Gasteiger partial charge in [-0.1, -0.05) is 30.3 Å². The number of ether oxygens (including phenoxy) is 3. The summed E-state index contributed by atoms with van der Waals surface area (Å²) in [7, 11) is 1.64. The van der Waals surface area contributed by atoms with E-state index in [0.717, 1.165) is 80.4 Å². The standard InChI is InChI=1S/C37H45N3O5/c1-24-6-4-7-31(32-8-5-9-34(38-32)40-21-28-20-37(28,36(41)42)33(40)23-43-3)35(24)45-22-27-11-10-26-12-16-39(17-13-30(26)25(27)2)29-14-18-44-19-15-29/h4-11,28-29,33H,12-23H2,1-3H3,(H,41,42)/t28?,33-,37-/m1/s1. The fourth-order valence-corrected chi connectivity index (χ4v) is 8.26. The van der Waals surface area contributed by atoms with E-state index in [1.807, 2.05) is 24.3 Å². The number of pyridine rings is 1. The molecule has 45 heavy (non-hydrogen) atoms. The normalized spacial score (nSPS) is 25.0. The highest BCUT2D eigenvalue weighted by Gasteiger charge is 2.71. The van der Waals surface area contributed by atoms with Gasteiger partial charge in [-0.2, -0.15) is 0 Å². The van der Waals surface area contributed by atoms with Crippen molar-refractivity contribution in [3.05, 3.63) is 76.3 Å². The summed E-state index contributed by atoms with van der Waals surface area (Å²) >= 11 is 0. The molecule has 7 rings (SSSR count). The zero-order valence-corrected chi connectivity index (χ0v) is 26.8. The molecule has 8 nitrogen and oxygen atoms in total. The van der Waals surface area contributed by atoms with Crippen LogP contribution in [0.3, 0.4) is 0 Å². The number of piperidine rings is 1. The van der Waals surface area contributed by atoms with Crippen LogP contribution in [-0.4, -0.2) is 79.6 Å². The fourth-order valence-electron chi connectivity index (χ4n) is 8.26. The summed E-state index contributed by atoms with van der Waals surface area (Å²) in [5.41, 5.74) is 7.61. The molecule has 8 heteroatoms. The third-order valence-corrected chi connectivity index (χ3v) is 11.0. The van der Waals surface area contributed by atoms with Gasteiger partial charge in [0.05, 0.1) is 23.8 Å². The van der Waals surface area contributed by atoms with Crippen LogP contribution in [0.2, 0.25) is 0 Å². The molecule has 3 aromatic rings. The molecule has 3 aliphatic heterocycles. The van der Waals surface area contributed by atoms with Gasteiger partial charge in [-0.05, 0) is 97.9 Å². The Kier molecular flexibility index (Phi) is 8.31. The average molecular weight is 612 g/mol. The highest BCUT2D eigenvalue weighted by Crippen LogP contribution is 2.62. The molecule has 1 unspecified atom stereocenters. The van der Waals surface area contributed by atoms with Crippen LogP contribution in [-0.2, 0) is 33.7 Å². The lowest BCUT2D eigenvalue weighted by molar-refractivity contribution is -0.144. The molecule has 3 atom stereocenters. The van der Waals surface area contributed by atoms with Crippen molar-refractivity contribution in [2.75, 3.05) is 51.5 Å². The van der Waals surface area contributed by atoms with E-state index < -0.39 is 11.4 Å². The van der Waals surface area contributed by atoms with Crippen molar-refractivity contribution < 1.29 is 24.1 Å². The molecule has 1 saturated carbocycles. The van der Waals surface area contributed by atoms with Crippen LogP contribution >= 0.6 is 0 Å². The predicted octanol–water partition coefficient (Wildman–Crippen LogP) is 5.45. The zero-order valence-electron chi connectivity index (χ0n) is 26.8. The average Bonchev–Trinajstić information content (AvgIpc) is 3.76. The summed E-state index contributed by atoms with van der Waals surface area (Å²) < 4.78 is 17.8. The second-order valence-corrected chi connectivity index (χ2v) is 13.4. The van der Waals surface area contributed by atoms with Gasteiger partial charge in [0.25, 0.3) is 0 Å². The van der Waals surface area contributed by atoms with Gasteiger partial charge < -0.3 is 24.2 Å². The van der Waals surface area contributed by atoms with Gasteiger partial charge in [-0.3, -0.25) is 9.69 Å². The van der Waals surface area contributed by atoms with E-state index in [-0.39, 0.29) is 12.0 Å². The Morgan fingerprint density at radius 3 is 2.67 bits per heavy atom. The maximum atomic E-state index is 12.3. The van der Waals surface area contributed by atoms with Crippen LogP contribution in [0.4, 0.5) is 5.82 Å². The van der Waals surface area contributed by atoms with Crippen molar-refractivity contribution in [3.8, 4) is 17.0 Å². The van der Waals surface area contributed by atoms with Crippen LogP contribution in [0, 0.1) is 25.2 Å². The number of nitrogens with zero attached hydrogens (tertiary/aromatic N) is 3. The first-order chi connectivity index (χ1) is 21.9. The van der Waals surface area contributed by atoms with Crippen LogP contribution in [0.15, 0.2) is 48.5 Å². The molecule has 3 fully saturated rings. The van der Waals surface area contributed by atoms with E-state index in [1.54, 1.807) is 7.11 Å². The maximum Gasteiger partial charge on any atom is 0.312 e. The smallest absolute Gasteiger partial charge is 0.312 e. The number of anilines is 1. The van der Waals surface area contributed by atoms with E-state index in [0.29, 0.717) is 32.2 Å². The van der Waals surface area contributed by atoms with Crippen molar-refractivity contribution >= 4 is 11.8 Å². The number of aromatic nitrogens is 1. The number of fused-ring (bicyclic) bond motifs is 2. The number of rotatable bonds is 9. The number of aryl methyl sites for hydroxylation is 1. The Morgan fingerprint density at radius 1 is 1.07 bits per heavy atom. The number of carboxylic acids is 1.